The van der Waals surface area contributed by atoms with E-state index in [9.17, 15) is 8.42 Å². The summed E-state index contributed by atoms with van der Waals surface area (Å²) in [4.78, 5) is 4.29. The van der Waals surface area contributed by atoms with E-state index in [4.69, 9.17) is 18.0 Å². The summed E-state index contributed by atoms with van der Waals surface area (Å²) in [5.74, 6) is 0.613. The number of pyridine rings is 1. The molecule has 2 atom stereocenters. The Hall–Kier alpha value is -1.05. The van der Waals surface area contributed by atoms with Gasteiger partial charge in [-0.05, 0) is 30.9 Å². The molecule has 2 unspecified atom stereocenters. The van der Waals surface area contributed by atoms with Crippen molar-refractivity contribution in [2.24, 2.45) is 11.7 Å². The lowest BCUT2D eigenvalue weighted by atomic mass is 9.85. The number of sulfonamides is 1. The van der Waals surface area contributed by atoms with Crippen molar-refractivity contribution >= 4 is 27.2 Å². The van der Waals surface area contributed by atoms with Gasteiger partial charge in [-0.3, -0.25) is 4.98 Å². The molecule has 1 aliphatic rings. The molecule has 0 bridgehead atoms. The fourth-order valence-electron chi connectivity index (χ4n) is 2.74. The molecule has 7 heteroatoms. The molecule has 1 heterocycles. The Morgan fingerprint density at radius 2 is 2.24 bits per heavy atom. The van der Waals surface area contributed by atoms with Gasteiger partial charge in [-0.2, -0.15) is 0 Å². The highest BCUT2D eigenvalue weighted by Gasteiger charge is 2.25. The molecular weight excluding hydrogens is 306 g/mol. The quantitative estimate of drug-likeness (QED) is 0.808. The summed E-state index contributed by atoms with van der Waals surface area (Å²) in [7, 11) is -3.53. The molecule has 0 radical (unpaired) electrons. The average Bonchev–Trinajstić information content (AvgIpc) is 2.47. The average molecular weight is 327 g/mol. The first-order valence-electron chi connectivity index (χ1n) is 7.20. The monoisotopic (exact) mass is 327 g/mol. The van der Waals surface area contributed by atoms with Crippen LogP contribution in [-0.2, 0) is 10.0 Å². The summed E-state index contributed by atoms with van der Waals surface area (Å²) in [6.45, 7) is 2.15. The van der Waals surface area contributed by atoms with Crippen molar-refractivity contribution in [2.75, 3.05) is 0 Å². The number of nitrogens with two attached hydrogens (primary N) is 1. The summed E-state index contributed by atoms with van der Waals surface area (Å²) in [6, 6.07) is 3.04. The van der Waals surface area contributed by atoms with Crippen LogP contribution in [0.5, 0.6) is 0 Å². The maximum atomic E-state index is 12.4. The van der Waals surface area contributed by atoms with Gasteiger partial charge >= 0.3 is 0 Å². The first-order valence-corrected chi connectivity index (χ1v) is 9.09. The predicted molar refractivity (Wildman–Crippen MR) is 86.5 cm³/mol. The highest BCUT2D eigenvalue weighted by molar-refractivity contribution is 7.89. The van der Waals surface area contributed by atoms with Crippen LogP contribution in [0.25, 0.3) is 0 Å². The largest absolute Gasteiger partial charge is 0.388 e. The fourth-order valence-corrected chi connectivity index (χ4v) is 4.09. The van der Waals surface area contributed by atoms with Gasteiger partial charge in [-0.15, -0.1) is 0 Å². The van der Waals surface area contributed by atoms with Gasteiger partial charge in [-0.1, -0.05) is 38.4 Å². The second kappa shape index (κ2) is 6.81. The summed E-state index contributed by atoms with van der Waals surface area (Å²) < 4.78 is 27.5. The molecule has 21 heavy (non-hydrogen) atoms. The van der Waals surface area contributed by atoms with Crippen molar-refractivity contribution in [3.05, 3.63) is 24.0 Å². The third-order valence-electron chi connectivity index (χ3n) is 3.98. The minimum Gasteiger partial charge on any atom is -0.388 e. The summed E-state index contributed by atoms with van der Waals surface area (Å²) >= 11 is 4.81. The van der Waals surface area contributed by atoms with Crippen LogP contribution in [-0.4, -0.2) is 24.4 Å². The van der Waals surface area contributed by atoms with E-state index in [1.807, 2.05) is 0 Å². The number of thiocarbonyl (C=S) groups is 1. The van der Waals surface area contributed by atoms with Gasteiger partial charge < -0.3 is 5.73 Å². The molecule has 0 saturated heterocycles. The Morgan fingerprint density at radius 3 is 2.81 bits per heavy atom. The number of hydrogen-bond acceptors (Lipinski definition) is 4. The van der Waals surface area contributed by atoms with E-state index in [1.165, 1.54) is 24.8 Å². The van der Waals surface area contributed by atoms with Crippen LogP contribution < -0.4 is 10.5 Å². The van der Waals surface area contributed by atoms with E-state index in [0.717, 1.165) is 25.7 Å². The zero-order valence-electron chi connectivity index (χ0n) is 12.1. The van der Waals surface area contributed by atoms with Crippen molar-refractivity contribution < 1.29 is 8.42 Å². The number of hydrogen-bond donors (Lipinski definition) is 2. The Balaban J connectivity index is 2.09. The predicted octanol–water partition coefficient (Wildman–Crippen LogP) is 1.96. The normalized spacial score (nSPS) is 22.9. The molecular formula is C14H21N3O2S2. The highest BCUT2D eigenvalue weighted by Crippen LogP contribution is 2.27. The summed E-state index contributed by atoms with van der Waals surface area (Å²) in [6.07, 6.45) is 6.48. The Labute approximate surface area is 131 Å². The molecule has 0 aromatic carbocycles. The van der Waals surface area contributed by atoms with E-state index < -0.39 is 10.0 Å². The summed E-state index contributed by atoms with van der Waals surface area (Å²) in [5.41, 5.74) is 5.88. The fraction of sp³-hybridized carbons (Fsp3) is 0.571. The first-order chi connectivity index (χ1) is 9.92. The molecule has 1 aromatic heterocycles. The van der Waals surface area contributed by atoms with Crippen molar-refractivity contribution in [1.29, 1.82) is 0 Å². The lowest BCUT2D eigenvalue weighted by Crippen LogP contribution is -2.38. The molecule has 0 amide bonds. The van der Waals surface area contributed by atoms with Crippen LogP contribution in [0.4, 0.5) is 0 Å². The number of rotatable bonds is 5. The smallest absolute Gasteiger partial charge is 0.242 e. The molecule has 1 fully saturated rings. The van der Waals surface area contributed by atoms with Crippen LogP contribution in [0.2, 0.25) is 0 Å². The lowest BCUT2D eigenvalue weighted by molar-refractivity contribution is 0.301. The van der Waals surface area contributed by atoms with Crippen LogP contribution in [0.1, 0.15) is 44.7 Å². The van der Waals surface area contributed by atoms with Gasteiger partial charge in [-0.25, -0.2) is 13.1 Å². The van der Waals surface area contributed by atoms with Crippen molar-refractivity contribution in [3.8, 4) is 0 Å². The molecule has 5 nitrogen and oxygen atoms in total. The van der Waals surface area contributed by atoms with E-state index in [2.05, 4.69) is 16.6 Å². The first kappa shape index (κ1) is 16.3. The standard InChI is InChI=1S/C14H21N3O2S2/c1-2-10-4-3-5-11(8-10)17-21(18,19)12-6-7-13(14(15)20)16-9-12/h6-7,9-11,17H,2-5,8H2,1H3,(H2,15,20). The van der Waals surface area contributed by atoms with Gasteiger partial charge in [0.25, 0.3) is 0 Å². The topological polar surface area (TPSA) is 85.1 Å². The second-order valence-corrected chi connectivity index (χ2v) is 7.66. The van der Waals surface area contributed by atoms with E-state index in [1.54, 1.807) is 0 Å². The van der Waals surface area contributed by atoms with Crippen LogP contribution in [0.15, 0.2) is 23.2 Å². The molecule has 1 aromatic rings. The molecule has 1 aliphatic carbocycles. The Bertz CT molecular complexity index is 599. The second-order valence-electron chi connectivity index (χ2n) is 5.50. The Kier molecular flexibility index (Phi) is 5.29. The van der Waals surface area contributed by atoms with Gasteiger partial charge in [0.05, 0.1) is 5.69 Å². The molecule has 2 rings (SSSR count). The summed E-state index contributed by atoms with van der Waals surface area (Å²) in [5, 5.41) is 0. The number of nitrogens with zero attached hydrogens (tertiary/aromatic N) is 1. The van der Waals surface area contributed by atoms with Gasteiger partial charge in [0.1, 0.15) is 9.88 Å². The molecule has 0 spiro atoms. The number of nitrogens with one attached hydrogen (secondary N) is 1. The maximum Gasteiger partial charge on any atom is 0.242 e. The molecule has 1 saturated carbocycles. The lowest BCUT2D eigenvalue weighted by Gasteiger charge is -2.28. The van der Waals surface area contributed by atoms with Crippen LogP contribution in [0, 0.1) is 5.92 Å². The molecule has 0 aliphatic heterocycles. The van der Waals surface area contributed by atoms with Crippen LogP contribution >= 0.6 is 12.2 Å². The highest BCUT2D eigenvalue weighted by atomic mass is 32.2. The zero-order chi connectivity index (χ0) is 15.5. The SMILES string of the molecule is CCC1CCCC(NS(=O)(=O)c2ccc(C(N)=S)nc2)C1. The van der Waals surface area contributed by atoms with Crippen molar-refractivity contribution in [2.45, 2.75) is 50.0 Å². The third-order valence-corrected chi connectivity index (χ3v) is 5.70. The Morgan fingerprint density at radius 1 is 1.48 bits per heavy atom. The molecule has 116 valence electrons. The maximum absolute atomic E-state index is 12.4. The van der Waals surface area contributed by atoms with Gasteiger partial charge in [0.15, 0.2) is 0 Å². The third kappa shape index (κ3) is 4.21. The molecule has 3 N–H and O–H groups in total. The zero-order valence-corrected chi connectivity index (χ0v) is 13.7. The minimum atomic E-state index is -3.53. The van der Waals surface area contributed by atoms with Crippen LogP contribution in [0.3, 0.4) is 0 Å². The van der Waals surface area contributed by atoms with Gasteiger partial charge in [0, 0.05) is 12.2 Å². The minimum absolute atomic E-state index is 0.0176. The van der Waals surface area contributed by atoms with Gasteiger partial charge in [0.2, 0.25) is 10.0 Å². The van der Waals surface area contributed by atoms with E-state index >= 15 is 0 Å². The van der Waals surface area contributed by atoms with E-state index in [0.29, 0.717) is 11.6 Å². The van der Waals surface area contributed by atoms with Crippen molar-refractivity contribution in [1.82, 2.24) is 9.71 Å². The van der Waals surface area contributed by atoms with Crippen molar-refractivity contribution in [3.63, 3.8) is 0 Å². The number of aromatic nitrogens is 1. The van der Waals surface area contributed by atoms with E-state index in [-0.39, 0.29) is 15.9 Å².